The third-order valence-corrected chi connectivity index (χ3v) is 5.16. The Bertz CT molecular complexity index is 972. The monoisotopic (exact) mass is 398 g/mol. The molecule has 0 aliphatic carbocycles. The maximum atomic E-state index is 12.5. The quantitative estimate of drug-likeness (QED) is 0.509. The second-order valence-electron chi connectivity index (χ2n) is 6.37. The second kappa shape index (κ2) is 8.96. The summed E-state index contributed by atoms with van der Waals surface area (Å²) in [6.07, 6.45) is 0.645. The molecule has 0 saturated heterocycles. The molecule has 0 aliphatic rings. The van der Waals surface area contributed by atoms with Crippen molar-refractivity contribution >= 4 is 7.82 Å². The zero-order valence-corrected chi connectivity index (χ0v) is 16.8. The molecule has 3 aromatic carbocycles. The molecule has 28 heavy (non-hydrogen) atoms. The van der Waals surface area contributed by atoms with Gasteiger partial charge in [0.1, 0.15) is 17.2 Å². The third kappa shape index (κ3) is 5.38. The molecular formula is C22H23O5P. The van der Waals surface area contributed by atoms with Crippen molar-refractivity contribution < 1.29 is 23.2 Å². The number of benzene rings is 3. The minimum absolute atomic E-state index is 0.316. The molecule has 0 aliphatic heterocycles. The van der Waals surface area contributed by atoms with Crippen molar-refractivity contribution in [3.8, 4) is 17.2 Å². The summed E-state index contributed by atoms with van der Waals surface area (Å²) in [7, 11) is -4.32. The van der Waals surface area contributed by atoms with Crippen LogP contribution in [0.4, 0.5) is 0 Å². The van der Waals surface area contributed by atoms with E-state index in [1.54, 1.807) is 37.3 Å². The predicted octanol–water partition coefficient (Wildman–Crippen LogP) is 5.48. The Morgan fingerprint density at radius 2 is 1.46 bits per heavy atom. The van der Waals surface area contributed by atoms with Gasteiger partial charge >= 0.3 is 7.82 Å². The van der Waals surface area contributed by atoms with E-state index in [0.29, 0.717) is 24.5 Å². The Labute approximate surface area is 165 Å². The molecule has 3 rings (SSSR count). The van der Waals surface area contributed by atoms with Gasteiger partial charge in [-0.15, -0.1) is 0 Å². The van der Waals surface area contributed by atoms with Gasteiger partial charge < -0.3 is 13.8 Å². The van der Waals surface area contributed by atoms with Crippen molar-refractivity contribution in [3.63, 3.8) is 0 Å². The molecule has 3 aromatic rings. The minimum atomic E-state index is -4.32. The lowest BCUT2D eigenvalue weighted by Crippen LogP contribution is -2.05. The fourth-order valence-corrected chi connectivity index (χ4v) is 3.69. The molecule has 1 unspecified atom stereocenters. The molecule has 0 fully saturated rings. The van der Waals surface area contributed by atoms with E-state index in [-0.39, 0.29) is 0 Å². The van der Waals surface area contributed by atoms with Crippen molar-refractivity contribution in [2.24, 2.45) is 0 Å². The molecule has 0 saturated carbocycles. The summed E-state index contributed by atoms with van der Waals surface area (Å²) in [5.74, 6) is 1.44. The number of hydrogen-bond donors (Lipinski definition) is 1. The molecule has 0 amide bonds. The topological polar surface area (TPSA) is 65.0 Å². The molecule has 0 spiro atoms. The highest BCUT2D eigenvalue weighted by molar-refractivity contribution is 7.48. The average Bonchev–Trinajstić information content (AvgIpc) is 2.67. The zero-order chi connectivity index (χ0) is 20.0. The minimum Gasteiger partial charge on any atom is -0.493 e. The fourth-order valence-electron chi connectivity index (χ4n) is 2.75. The maximum Gasteiger partial charge on any atom is 0.584 e. The van der Waals surface area contributed by atoms with Crippen LogP contribution in [0.2, 0.25) is 0 Å². The second-order valence-corrected chi connectivity index (χ2v) is 7.67. The molecule has 1 atom stereocenters. The highest BCUT2D eigenvalue weighted by atomic mass is 31.2. The van der Waals surface area contributed by atoms with E-state index in [9.17, 15) is 9.46 Å². The summed E-state index contributed by atoms with van der Waals surface area (Å²) in [6.45, 7) is 4.14. The first-order chi connectivity index (χ1) is 13.4. The fraction of sp³-hybridized carbons (Fsp3) is 0.182. The van der Waals surface area contributed by atoms with Crippen LogP contribution in [0.5, 0.6) is 17.2 Å². The first-order valence-corrected chi connectivity index (χ1v) is 10.5. The van der Waals surface area contributed by atoms with Gasteiger partial charge in [0.2, 0.25) is 0 Å². The van der Waals surface area contributed by atoms with Gasteiger partial charge in [0.05, 0.1) is 6.61 Å². The van der Waals surface area contributed by atoms with E-state index in [2.05, 4.69) is 0 Å². The smallest absolute Gasteiger partial charge is 0.493 e. The maximum absolute atomic E-state index is 12.5. The lowest BCUT2D eigenvalue weighted by molar-refractivity contribution is 0.289. The van der Waals surface area contributed by atoms with Crippen molar-refractivity contribution in [1.82, 2.24) is 0 Å². The summed E-state index contributed by atoms with van der Waals surface area (Å²) in [5, 5.41) is 0. The van der Waals surface area contributed by atoms with E-state index in [4.69, 9.17) is 13.8 Å². The van der Waals surface area contributed by atoms with Crippen molar-refractivity contribution in [1.29, 1.82) is 0 Å². The summed E-state index contributed by atoms with van der Waals surface area (Å²) >= 11 is 0. The Hall–Kier alpha value is -2.75. The van der Waals surface area contributed by atoms with Gasteiger partial charge in [-0.2, -0.15) is 0 Å². The van der Waals surface area contributed by atoms with Crippen LogP contribution in [0.15, 0.2) is 72.8 Å². The van der Waals surface area contributed by atoms with Crippen LogP contribution in [-0.4, -0.2) is 11.5 Å². The van der Waals surface area contributed by atoms with Gasteiger partial charge in [-0.05, 0) is 54.8 Å². The summed E-state index contributed by atoms with van der Waals surface area (Å²) < 4.78 is 28.8. The van der Waals surface area contributed by atoms with Gasteiger partial charge in [-0.1, -0.05) is 48.5 Å². The van der Waals surface area contributed by atoms with E-state index < -0.39 is 7.82 Å². The highest BCUT2D eigenvalue weighted by Gasteiger charge is 2.27. The SMILES string of the molecule is Cc1ccccc1OP(=O)(O)Oc1cccc(CCOc2ccccc2)c1C. The van der Waals surface area contributed by atoms with E-state index in [1.165, 1.54) is 0 Å². The van der Waals surface area contributed by atoms with Crippen LogP contribution in [0.1, 0.15) is 16.7 Å². The number of phosphoric acid groups is 1. The van der Waals surface area contributed by atoms with Crippen LogP contribution in [0.25, 0.3) is 0 Å². The van der Waals surface area contributed by atoms with Crippen LogP contribution >= 0.6 is 7.82 Å². The lowest BCUT2D eigenvalue weighted by atomic mass is 10.1. The zero-order valence-electron chi connectivity index (χ0n) is 15.9. The van der Waals surface area contributed by atoms with Gasteiger partial charge in [-0.25, -0.2) is 4.57 Å². The normalized spacial score (nSPS) is 12.8. The van der Waals surface area contributed by atoms with E-state index in [0.717, 1.165) is 22.4 Å². The molecular weight excluding hydrogens is 375 g/mol. The Kier molecular flexibility index (Phi) is 6.40. The Morgan fingerprint density at radius 1 is 0.821 bits per heavy atom. The largest absolute Gasteiger partial charge is 0.584 e. The standard InChI is InChI=1S/C22H23O5P/c1-17-9-6-7-13-21(17)26-28(23,24)27-22-14-8-10-19(18(22)2)15-16-25-20-11-4-3-5-12-20/h3-14H,15-16H2,1-2H3,(H,23,24). The number of hydrogen-bond acceptors (Lipinski definition) is 4. The van der Waals surface area contributed by atoms with Gasteiger partial charge in [-0.3, -0.25) is 4.89 Å². The van der Waals surface area contributed by atoms with Gasteiger partial charge in [0.15, 0.2) is 0 Å². The molecule has 6 heteroatoms. The van der Waals surface area contributed by atoms with Crippen LogP contribution in [0, 0.1) is 13.8 Å². The van der Waals surface area contributed by atoms with Crippen LogP contribution in [-0.2, 0) is 11.0 Å². The molecule has 0 aromatic heterocycles. The van der Waals surface area contributed by atoms with Crippen molar-refractivity contribution in [3.05, 3.63) is 89.5 Å². The van der Waals surface area contributed by atoms with Crippen molar-refractivity contribution in [2.45, 2.75) is 20.3 Å². The van der Waals surface area contributed by atoms with Crippen molar-refractivity contribution in [2.75, 3.05) is 6.61 Å². The molecule has 0 heterocycles. The summed E-state index contributed by atoms with van der Waals surface area (Å²) in [4.78, 5) is 10.2. The Morgan fingerprint density at radius 3 is 2.21 bits per heavy atom. The van der Waals surface area contributed by atoms with E-state index >= 15 is 0 Å². The molecule has 5 nitrogen and oxygen atoms in total. The number of rotatable bonds is 8. The molecule has 0 bridgehead atoms. The number of aryl methyl sites for hydroxylation is 1. The number of ether oxygens (including phenoxy) is 1. The molecule has 146 valence electrons. The number of para-hydroxylation sites is 2. The summed E-state index contributed by atoms with van der Waals surface area (Å²) in [6, 6.07) is 22.0. The first kappa shape index (κ1) is 20.0. The van der Waals surface area contributed by atoms with E-state index in [1.807, 2.05) is 49.4 Å². The van der Waals surface area contributed by atoms with Gasteiger partial charge in [0, 0.05) is 6.42 Å². The first-order valence-electron chi connectivity index (χ1n) is 8.98. The van der Waals surface area contributed by atoms with Crippen LogP contribution in [0.3, 0.4) is 0 Å². The molecule has 1 N–H and O–H groups in total. The van der Waals surface area contributed by atoms with Gasteiger partial charge in [0.25, 0.3) is 0 Å². The molecule has 0 radical (unpaired) electrons. The third-order valence-electron chi connectivity index (χ3n) is 4.30. The van der Waals surface area contributed by atoms with Crippen LogP contribution < -0.4 is 13.8 Å². The Balaban J connectivity index is 1.66. The highest BCUT2D eigenvalue weighted by Crippen LogP contribution is 2.46. The summed E-state index contributed by atoms with van der Waals surface area (Å²) in [5.41, 5.74) is 2.51. The number of phosphoric ester groups is 1. The average molecular weight is 398 g/mol. The lowest BCUT2D eigenvalue weighted by Gasteiger charge is -2.17. The predicted molar refractivity (Wildman–Crippen MR) is 109 cm³/mol.